The quantitative estimate of drug-likeness (QED) is 0.830. The van der Waals surface area contributed by atoms with E-state index < -0.39 is 0 Å². The van der Waals surface area contributed by atoms with Crippen LogP contribution in [0.3, 0.4) is 0 Å². The minimum Gasteiger partial charge on any atom is -0.326 e. The number of hydrogen-bond acceptors (Lipinski definition) is 2. The van der Waals surface area contributed by atoms with Gasteiger partial charge < -0.3 is 5.73 Å². The molecule has 1 fully saturated rings. The van der Waals surface area contributed by atoms with Gasteiger partial charge in [-0.25, -0.2) is 0 Å². The Labute approximate surface area is 98.0 Å². The molecule has 1 atom stereocenters. The molecule has 0 radical (unpaired) electrons. The summed E-state index contributed by atoms with van der Waals surface area (Å²) in [7, 11) is 0. The summed E-state index contributed by atoms with van der Waals surface area (Å²) in [6.07, 6.45) is 4.76. The third kappa shape index (κ3) is 1.88. The van der Waals surface area contributed by atoms with E-state index >= 15 is 0 Å². The van der Waals surface area contributed by atoms with E-state index in [1.807, 2.05) is 0 Å². The van der Waals surface area contributed by atoms with Gasteiger partial charge in [0.25, 0.3) is 0 Å². The molecule has 0 saturated heterocycles. The van der Waals surface area contributed by atoms with Gasteiger partial charge in [0.15, 0.2) is 0 Å². The zero-order chi connectivity index (χ0) is 11.7. The van der Waals surface area contributed by atoms with Crippen LogP contribution in [0.1, 0.15) is 56.6 Å². The first kappa shape index (κ1) is 11.6. The predicted molar refractivity (Wildman–Crippen MR) is 66.3 cm³/mol. The zero-order valence-electron chi connectivity index (χ0n) is 10.7. The van der Waals surface area contributed by atoms with Crippen molar-refractivity contribution in [2.45, 2.75) is 59.0 Å². The summed E-state index contributed by atoms with van der Waals surface area (Å²) < 4.78 is 2.25. The van der Waals surface area contributed by atoms with E-state index in [0.717, 1.165) is 18.8 Å². The van der Waals surface area contributed by atoms with E-state index in [-0.39, 0.29) is 0 Å². The topological polar surface area (TPSA) is 43.8 Å². The van der Waals surface area contributed by atoms with Crippen molar-refractivity contribution in [2.24, 2.45) is 11.7 Å². The van der Waals surface area contributed by atoms with Gasteiger partial charge >= 0.3 is 0 Å². The van der Waals surface area contributed by atoms with Crippen LogP contribution in [-0.4, -0.2) is 9.78 Å². The Hall–Kier alpha value is -0.830. The summed E-state index contributed by atoms with van der Waals surface area (Å²) in [5, 5.41) is 4.77. The fraction of sp³-hybridized carbons (Fsp3) is 0.769. The van der Waals surface area contributed by atoms with Crippen LogP contribution in [0, 0.1) is 5.92 Å². The van der Waals surface area contributed by atoms with Gasteiger partial charge in [-0.05, 0) is 38.5 Å². The van der Waals surface area contributed by atoms with Crippen molar-refractivity contribution in [3.8, 4) is 0 Å². The van der Waals surface area contributed by atoms with Crippen LogP contribution in [0.4, 0.5) is 0 Å². The molecule has 1 aromatic heterocycles. The molecule has 16 heavy (non-hydrogen) atoms. The third-order valence-electron chi connectivity index (χ3n) is 3.77. The van der Waals surface area contributed by atoms with Gasteiger partial charge in [0.05, 0.1) is 11.7 Å². The van der Waals surface area contributed by atoms with E-state index in [0.29, 0.717) is 12.6 Å². The Morgan fingerprint density at radius 1 is 1.38 bits per heavy atom. The minimum absolute atomic E-state index is 0.556. The SMILES string of the molecule is CCc1nn(C(C)C2CC2)c(CC)c1CN. The lowest BCUT2D eigenvalue weighted by atomic mass is 10.1. The van der Waals surface area contributed by atoms with E-state index in [2.05, 4.69) is 25.5 Å². The lowest BCUT2D eigenvalue weighted by Gasteiger charge is -2.14. The molecule has 2 N–H and O–H groups in total. The molecular formula is C13H23N3. The van der Waals surface area contributed by atoms with E-state index in [1.54, 1.807) is 0 Å². The van der Waals surface area contributed by atoms with Crippen LogP contribution >= 0.6 is 0 Å². The number of hydrogen-bond donors (Lipinski definition) is 1. The Kier molecular flexibility index (Phi) is 3.33. The Balaban J connectivity index is 2.38. The molecule has 0 bridgehead atoms. The van der Waals surface area contributed by atoms with Crippen molar-refractivity contribution < 1.29 is 0 Å². The zero-order valence-corrected chi connectivity index (χ0v) is 10.7. The first-order valence-corrected chi connectivity index (χ1v) is 6.52. The van der Waals surface area contributed by atoms with Crippen LogP contribution in [0.2, 0.25) is 0 Å². The van der Waals surface area contributed by atoms with Gasteiger partial charge in [0.2, 0.25) is 0 Å². The molecule has 0 spiro atoms. The van der Waals surface area contributed by atoms with Crippen LogP contribution in [-0.2, 0) is 19.4 Å². The monoisotopic (exact) mass is 221 g/mol. The maximum Gasteiger partial charge on any atom is 0.0669 e. The first-order chi connectivity index (χ1) is 7.72. The van der Waals surface area contributed by atoms with Gasteiger partial charge in [0, 0.05) is 17.8 Å². The largest absolute Gasteiger partial charge is 0.326 e. The fourth-order valence-corrected chi connectivity index (χ4v) is 2.57. The number of aromatic nitrogens is 2. The molecule has 3 heteroatoms. The smallest absolute Gasteiger partial charge is 0.0669 e. The molecule has 90 valence electrons. The molecular weight excluding hydrogens is 198 g/mol. The average molecular weight is 221 g/mol. The van der Waals surface area contributed by atoms with E-state index in [9.17, 15) is 0 Å². The lowest BCUT2D eigenvalue weighted by molar-refractivity contribution is 0.423. The summed E-state index contributed by atoms with van der Waals surface area (Å²) in [4.78, 5) is 0. The highest BCUT2D eigenvalue weighted by Gasteiger charge is 2.31. The Bertz CT molecular complexity index is 363. The standard InChI is InChI=1S/C13H23N3/c1-4-12-11(8-14)13(5-2)16(15-12)9(3)10-6-7-10/h9-10H,4-8,14H2,1-3H3. The van der Waals surface area contributed by atoms with Gasteiger partial charge in [-0.2, -0.15) is 5.10 Å². The molecule has 1 heterocycles. The normalized spacial score (nSPS) is 17.8. The third-order valence-corrected chi connectivity index (χ3v) is 3.77. The summed E-state index contributed by atoms with van der Waals surface area (Å²) in [6.45, 7) is 7.28. The second-order valence-electron chi connectivity index (χ2n) is 4.81. The van der Waals surface area contributed by atoms with Gasteiger partial charge in [-0.3, -0.25) is 4.68 Å². The summed E-state index contributed by atoms with van der Waals surface area (Å²) in [5.41, 5.74) is 9.70. The number of nitrogens with zero attached hydrogens (tertiary/aromatic N) is 2. The maximum atomic E-state index is 5.85. The summed E-state index contributed by atoms with van der Waals surface area (Å²) >= 11 is 0. The molecule has 3 nitrogen and oxygen atoms in total. The van der Waals surface area contributed by atoms with Crippen molar-refractivity contribution in [1.29, 1.82) is 0 Å². The van der Waals surface area contributed by atoms with Crippen molar-refractivity contribution in [2.75, 3.05) is 0 Å². The highest BCUT2D eigenvalue weighted by Crippen LogP contribution is 2.40. The highest BCUT2D eigenvalue weighted by atomic mass is 15.3. The Morgan fingerprint density at radius 3 is 2.50 bits per heavy atom. The van der Waals surface area contributed by atoms with E-state index in [1.165, 1.54) is 29.8 Å². The minimum atomic E-state index is 0.556. The van der Waals surface area contributed by atoms with Crippen molar-refractivity contribution >= 4 is 0 Å². The summed E-state index contributed by atoms with van der Waals surface area (Å²) in [6, 6.07) is 0.556. The van der Waals surface area contributed by atoms with Gasteiger partial charge in [-0.15, -0.1) is 0 Å². The predicted octanol–water partition coefficient (Wildman–Crippen LogP) is 2.44. The molecule has 1 aliphatic rings. The molecule has 1 aromatic rings. The van der Waals surface area contributed by atoms with Crippen molar-refractivity contribution in [1.82, 2.24) is 9.78 Å². The van der Waals surface area contributed by atoms with Crippen LogP contribution in [0.5, 0.6) is 0 Å². The van der Waals surface area contributed by atoms with Gasteiger partial charge in [0.1, 0.15) is 0 Å². The molecule has 0 amide bonds. The summed E-state index contributed by atoms with van der Waals surface area (Å²) in [5.74, 6) is 0.848. The number of rotatable bonds is 5. The van der Waals surface area contributed by atoms with E-state index in [4.69, 9.17) is 10.8 Å². The lowest BCUT2D eigenvalue weighted by Crippen LogP contribution is -2.13. The average Bonchev–Trinajstić information content (AvgIpc) is 3.08. The molecule has 0 aliphatic heterocycles. The highest BCUT2D eigenvalue weighted by molar-refractivity contribution is 5.27. The Morgan fingerprint density at radius 2 is 2.06 bits per heavy atom. The van der Waals surface area contributed by atoms with Crippen molar-refractivity contribution in [3.05, 3.63) is 17.0 Å². The molecule has 1 saturated carbocycles. The molecule has 2 rings (SSSR count). The molecule has 1 aliphatic carbocycles. The number of aryl methyl sites for hydroxylation is 1. The van der Waals surface area contributed by atoms with Gasteiger partial charge in [-0.1, -0.05) is 13.8 Å². The second kappa shape index (κ2) is 4.58. The van der Waals surface area contributed by atoms with Crippen molar-refractivity contribution in [3.63, 3.8) is 0 Å². The van der Waals surface area contributed by atoms with Crippen LogP contribution in [0.25, 0.3) is 0 Å². The molecule has 0 aromatic carbocycles. The van der Waals surface area contributed by atoms with Crippen LogP contribution in [0.15, 0.2) is 0 Å². The molecule has 1 unspecified atom stereocenters. The first-order valence-electron chi connectivity index (χ1n) is 6.52. The second-order valence-corrected chi connectivity index (χ2v) is 4.81. The number of nitrogens with two attached hydrogens (primary N) is 1. The maximum absolute atomic E-state index is 5.85. The van der Waals surface area contributed by atoms with Crippen LogP contribution < -0.4 is 5.73 Å². The fourth-order valence-electron chi connectivity index (χ4n) is 2.57.